The van der Waals surface area contributed by atoms with Crippen LogP contribution in [0.2, 0.25) is 0 Å². The Labute approximate surface area is 91.5 Å². The SMILES string of the molecule is Cc1ccc(C)c2c1CC(C)C(C)C2=O. The molecule has 1 aliphatic rings. The smallest absolute Gasteiger partial charge is 0.166 e. The predicted molar refractivity (Wildman–Crippen MR) is 62.3 cm³/mol. The molecule has 1 aromatic carbocycles. The predicted octanol–water partition coefficient (Wildman–Crippen LogP) is 3.31. The van der Waals surface area contributed by atoms with Crippen molar-refractivity contribution in [2.45, 2.75) is 34.1 Å². The molecular weight excluding hydrogens is 184 g/mol. The second kappa shape index (κ2) is 3.48. The number of fused-ring (bicyclic) bond motifs is 1. The summed E-state index contributed by atoms with van der Waals surface area (Å²) in [5.41, 5.74) is 4.69. The zero-order valence-corrected chi connectivity index (χ0v) is 9.92. The molecule has 0 saturated carbocycles. The van der Waals surface area contributed by atoms with E-state index in [4.69, 9.17) is 0 Å². The highest BCUT2D eigenvalue weighted by molar-refractivity contribution is 6.01. The first-order chi connectivity index (χ1) is 7.02. The van der Waals surface area contributed by atoms with Crippen LogP contribution >= 0.6 is 0 Å². The molecule has 0 radical (unpaired) electrons. The molecule has 1 aliphatic carbocycles. The highest BCUT2D eigenvalue weighted by atomic mass is 16.1. The molecule has 0 amide bonds. The Morgan fingerprint density at radius 3 is 2.40 bits per heavy atom. The monoisotopic (exact) mass is 202 g/mol. The lowest BCUT2D eigenvalue weighted by atomic mass is 9.74. The Hall–Kier alpha value is -1.11. The second-order valence-corrected chi connectivity index (χ2v) is 4.89. The fourth-order valence-corrected chi connectivity index (χ4v) is 2.46. The van der Waals surface area contributed by atoms with Gasteiger partial charge in [-0.25, -0.2) is 0 Å². The number of hydrogen-bond acceptors (Lipinski definition) is 1. The summed E-state index contributed by atoms with van der Waals surface area (Å²) in [4.78, 5) is 12.2. The van der Waals surface area contributed by atoms with Gasteiger partial charge in [-0.2, -0.15) is 0 Å². The normalized spacial score (nSPS) is 25.2. The van der Waals surface area contributed by atoms with Crippen LogP contribution in [0.25, 0.3) is 0 Å². The molecule has 15 heavy (non-hydrogen) atoms. The standard InChI is InChI=1S/C14H18O/c1-8-5-6-9(2)13-12(8)7-10(3)11(4)14(13)15/h5-6,10-11H,7H2,1-4H3. The fraction of sp³-hybridized carbons (Fsp3) is 0.500. The Balaban J connectivity index is 2.64. The van der Waals surface area contributed by atoms with Gasteiger partial charge < -0.3 is 0 Å². The largest absolute Gasteiger partial charge is 0.294 e. The molecule has 0 bridgehead atoms. The highest BCUT2D eigenvalue weighted by Crippen LogP contribution is 2.33. The number of Topliss-reactive ketones (excluding diaryl/α,β-unsaturated/α-hetero) is 1. The van der Waals surface area contributed by atoms with Gasteiger partial charge in [-0.05, 0) is 42.9 Å². The van der Waals surface area contributed by atoms with Gasteiger partial charge in [0.2, 0.25) is 0 Å². The molecule has 0 aromatic heterocycles. The second-order valence-electron chi connectivity index (χ2n) is 4.89. The summed E-state index contributed by atoms with van der Waals surface area (Å²) in [5, 5.41) is 0. The molecule has 2 unspecified atom stereocenters. The quantitative estimate of drug-likeness (QED) is 0.630. The van der Waals surface area contributed by atoms with E-state index in [2.05, 4.69) is 32.9 Å². The Morgan fingerprint density at radius 2 is 1.73 bits per heavy atom. The van der Waals surface area contributed by atoms with Crippen molar-refractivity contribution in [3.63, 3.8) is 0 Å². The average molecular weight is 202 g/mol. The summed E-state index contributed by atoms with van der Waals surface area (Å²) in [5.74, 6) is 0.994. The molecule has 1 aromatic rings. The van der Waals surface area contributed by atoms with Gasteiger partial charge in [0, 0.05) is 11.5 Å². The van der Waals surface area contributed by atoms with Crippen LogP contribution in [-0.2, 0) is 6.42 Å². The van der Waals surface area contributed by atoms with Gasteiger partial charge >= 0.3 is 0 Å². The number of benzene rings is 1. The van der Waals surface area contributed by atoms with Crippen molar-refractivity contribution in [1.82, 2.24) is 0 Å². The third kappa shape index (κ3) is 1.50. The number of carbonyl (C=O) groups is 1. The minimum absolute atomic E-state index is 0.179. The van der Waals surface area contributed by atoms with Gasteiger partial charge in [-0.3, -0.25) is 4.79 Å². The fourth-order valence-electron chi connectivity index (χ4n) is 2.46. The molecule has 0 spiro atoms. The van der Waals surface area contributed by atoms with Crippen LogP contribution in [0.15, 0.2) is 12.1 Å². The zero-order chi connectivity index (χ0) is 11.2. The van der Waals surface area contributed by atoms with Crippen LogP contribution in [0.1, 0.15) is 40.9 Å². The average Bonchev–Trinajstić information content (AvgIpc) is 2.20. The van der Waals surface area contributed by atoms with E-state index in [9.17, 15) is 4.79 Å². The van der Waals surface area contributed by atoms with Crippen molar-refractivity contribution in [3.05, 3.63) is 34.4 Å². The van der Waals surface area contributed by atoms with Gasteiger partial charge in [0.25, 0.3) is 0 Å². The molecule has 0 aliphatic heterocycles. The molecule has 1 heteroatoms. The van der Waals surface area contributed by atoms with Crippen molar-refractivity contribution in [1.29, 1.82) is 0 Å². The topological polar surface area (TPSA) is 17.1 Å². The van der Waals surface area contributed by atoms with E-state index in [1.165, 1.54) is 11.1 Å². The molecular formula is C14H18O. The van der Waals surface area contributed by atoms with E-state index in [0.717, 1.165) is 17.5 Å². The van der Waals surface area contributed by atoms with Crippen LogP contribution < -0.4 is 0 Å². The zero-order valence-electron chi connectivity index (χ0n) is 9.92. The summed E-state index contributed by atoms with van der Waals surface area (Å²) in [7, 11) is 0. The van der Waals surface area contributed by atoms with Gasteiger partial charge in [-0.1, -0.05) is 26.0 Å². The van der Waals surface area contributed by atoms with Crippen molar-refractivity contribution >= 4 is 5.78 Å². The van der Waals surface area contributed by atoms with E-state index in [0.29, 0.717) is 11.7 Å². The van der Waals surface area contributed by atoms with Crippen LogP contribution in [0.3, 0.4) is 0 Å². The van der Waals surface area contributed by atoms with Crippen molar-refractivity contribution in [2.75, 3.05) is 0 Å². The Kier molecular flexibility index (Phi) is 2.41. The maximum atomic E-state index is 12.2. The van der Waals surface area contributed by atoms with Crippen LogP contribution in [0, 0.1) is 25.7 Å². The molecule has 2 atom stereocenters. The summed E-state index contributed by atoms with van der Waals surface area (Å²) in [6, 6.07) is 4.19. The van der Waals surface area contributed by atoms with Crippen LogP contribution in [-0.4, -0.2) is 5.78 Å². The third-order valence-corrected chi connectivity index (χ3v) is 3.80. The molecule has 2 rings (SSSR count). The Morgan fingerprint density at radius 1 is 1.13 bits per heavy atom. The van der Waals surface area contributed by atoms with Gasteiger partial charge in [-0.15, -0.1) is 0 Å². The third-order valence-electron chi connectivity index (χ3n) is 3.80. The highest BCUT2D eigenvalue weighted by Gasteiger charge is 2.31. The summed E-state index contributed by atoms with van der Waals surface area (Å²) in [6.45, 7) is 8.37. The lowest BCUT2D eigenvalue weighted by molar-refractivity contribution is 0.0876. The van der Waals surface area contributed by atoms with Crippen molar-refractivity contribution in [2.24, 2.45) is 11.8 Å². The van der Waals surface area contributed by atoms with E-state index in [1.807, 2.05) is 6.92 Å². The van der Waals surface area contributed by atoms with Gasteiger partial charge in [0.05, 0.1) is 0 Å². The number of hydrogen-bond donors (Lipinski definition) is 0. The Bertz CT molecular complexity index is 418. The van der Waals surface area contributed by atoms with Crippen LogP contribution in [0.5, 0.6) is 0 Å². The van der Waals surface area contributed by atoms with E-state index in [-0.39, 0.29) is 5.92 Å². The minimum Gasteiger partial charge on any atom is -0.294 e. The number of aryl methyl sites for hydroxylation is 2. The minimum atomic E-state index is 0.179. The summed E-state index contributed by atoms with van der Waals surface area (Å²) >= 11 is 0. The van der Waals surface area contributed by atoms with Gasteiger partial charge in [0.15, 0.2) is 5.78 Å². The number of ketones is 1. The van der Waals surface area contributed by atoms with E-state index < -0.39 is 0 Å². The lowest BCUT2D eigenvalue weighted by Gasteiger charge is -2.29. The van der Waals surface area contributed by atoms with E-state index in [1.54, 1.807) is 0 Å². The van der Waals surface area contributed by atoms with Crippen molar-refractivity contribution < 1.29 is 4.79 Å². The van der Waals surface area contributed by atoms with Crippen LogP contribution in [0.4, 0.5) is 0 Å². The number of rotatable bonds is 0. The summed E-state index contributed by atoms with van der Waals surface area (Å²) in [6.07, 6.45) is 1.05. The molecule has 0 N–H and O–H groups in total. The maximum Gasteiger partial charge on any atom is 0.166 e. The number of carbonyl (C=O) groups excluding carboxylic acids is 1. The first-order valence-corrected chi connectivity index (χ1v) is 5.65. The van der Waals surface area contributed by atoms with Crippen molar-refractivity contribution in [3.8, 4) is 0 Å². The first kappa shape index (κ1) is 10.4. The van der Waals surface area contributed by atoms with E-state index >= 15 is 0 Å². The molecule has 1 nitrogen and oxygen atoms in total. The molecule has 0 saturated heterocycles. The maximum absolute atomic E-state index is 12.2. The molecule has 80 valence electrons. The lowest BCUT2D eigenvalue weighted by Crippen LogP contribution is -2.29. The first-order valence-electron chi connectivity index (χ1n) is 5.65. The molecule has 0 heterocycles. The van der Waals surface area contributed by atoms with Gasteiger partial charge in [0.1, 0.15) is 0 Å². The molecule has 0 fully saturated rings. The summed E-state index contributed by atoms with van der Waals surface area (Å²) < 4.78 is 0.